The van der Waals surface area contributed by atoms with Crippen molar-refractivity contribution in [3.8, 4) is 39.1 Å². The molecule has 11 rings (SSSR count). The van der Waals surface area contributed by atoms with Crippen molar-refractivity contribution in [3.05, 3.63) is 218 Å². The lowest BCUT2D eigenvalue weighted by molar-refractivity contribution is 0.670. The van der Waals surface area contributed by atoms with E-state index in [-0.39, 0.29) is 0 Å². The molecule has 9 aromatic carbocycles. The highest BCUT2D eigenvalue weighted by atomic mass is 16.3. The van der Waals surface area contributed by atoms with Crippen LogP contribution in [0.15, 0.2) is 223 Å². The van der Waals surface area contributed by atoms with Gasteiger partial charge in [0.15, 0.2) is 0 Å². The second kappa shape index (κ2) is 13.6. The molecular formula is C54H36N2O. The summed E-state index contributed by atoms with van der Waals surface area (Å²) in [6, 6.07) is 77.9. The summed E-state index contributed by atoms with van der Waals surface area (Å²) in [6.45, 7) is 0. The molecule has 0 unspecified atom stereocenters. The highest BCUT2D eigenvalue weighted by Gasteiger charge is 2.23. The van der Waals surface area contributed by atoms with Gasteiger partial charge in [0, 0.05) is 44.5 Å². The zero-order chi connectivity index (χ0) is 37.7. The maximum absolute atomic E-state index is 6.82. The first-order valence-corrected chi connectivity index (χ1v) is 19.4. The van der Waals surface area contributed by atoms with E-state index in [1.165, 1.54) is 38.5 Å². The lowest BCUT2D eigenvalue weighted by atomic mass is 9.98. The number of rotatable bonds is 7. The average Bonchev–Trinajstić information content (AvgIpc) is 3.84. The number of furan rings is 1. The van der Waals surface area contributed by atoms with Gasteiger partial charge in [-0.1, -0.05) is 152 Å². The normalized spacial score (nSPS) is 11.5. The van der Waals surface area contributed by atoms with Gasteiger partial charge < -0.3 is 13.9 Å². The van der Waals surface area contributed by atoms with Crippen LogP contribution in [-0.4, -0.2) is 4.57 Å². The van der Waals surface area contributed by atoms with Gasteiger partial charge in [0.2, 0.25) is 0 Å². The van der Waals surface area contributed by atoms with E-state index in [2.05, 4.69) is 228 Å². The van der Waals surface area contributed by atoms with Crippen molar-refractivity contribution in [1.82, 2.24) is 4.57 Å². The molecule has 0 N–H and O–H groups in total. The molecule has 0 aliphatic rings. The summed E-state index contributed by atoms with van der Waals surface area (Å²) in [5.74, 6) is 0. The van der Waals surface area contributed by atoms with Crippen molar-refractivity contribution in [2.24, 2.45) is 0 Å². The maximum atomic E-state index is 6.82. The van der Waals surface area contributed by atoms with Gasteiger partial charge in [0.25, 0.3) is 0 Å². The lowest BCUT2D eigenvalue weighted by Gasteiger charge is -2.26. The Labute approximate surface area is 330 Å². The Morgan fingerprint density at radius 3 is 1.40 bits per heavy atom. The van der Waals surface area contributed by atoms with Gasteiger partial charge in [0.05, 0.1) is 16.4 Å². The van der Waals surface area contributed by atoms with Gasteiger partial charge in [-0.15, -0.1) is 0 Å². The molecule has 3 heteroatoms. The minimum Gasteiger partial charge on any atom is -0.455 e. The molecule has 268 valence electrons. The number of aromatic nitrogens is 1. The van der Waals surface area contributed by atoms with Crippen molar-refractivity contribution >= 4 is 60.8 Å². The predicted molar refractivity (Wildman–Crippen MR) is 239 cm³/mol. The Bertz CT molecular complexity index is 3100. The van der Waals surface area contributed by atoms with E-state index in [4.69, 9.17) is 4.42 Å². The van der Waals surface area contributed by atoms with Crippen molar-refractivity contribution in [3.63, 3.8) is 0 Å². The summed E-state index contributed by atoms with van der Waals surface area (Å²) in [6.07, 6.45) is 0. The van der Waals surface area contributed by atoms with Crippen molar-refractivity contribution in [2.75, 3.05) is 4.90 Å². The third kappa shape index (κ3) is 5.60. The highest BCUT2D eigenvalue weighted by Crippen LogP contribution is 2.46. The fourth-order valence-corrected chi connectivity index (χ4v) is 8.50. The SMILES string of the molecule is c1ccc(-c2ccc(N(c3ccc(-c4ccccc4)cc3)c3ccc(-c4cc5c6ccccc6n(-c6ccccc6)c5c5c4oc4ccccc45)cc3)cc2)cc1. The standard InChI is InChI=1S/C54H36N2O/c1-4-14-37(15-5-1)39-24-30-43(31-25-39)55(44-32-26-40(27-33-44)38-16-6-2-7-17-38)45-34-28-41(29-35-45)48-36-49-46-20-10-12-22-50(46)56(42-18-8-3-9-19-42)53(49)52-47-21-11-13-23-51(47)57-54(48)52/h1-36H. The fourth-order valence-electron chi connectivity index (χ4n) is 8.50. The van der Waals surface area contributed by atoms with Crippen LogP contribution in [0.1, 0.15) is 0 Å². The average molecular weight is 729 g/mol. The van der Waals surface area contributed by atoms with E-state index in [0.717, 1.165) is 61.3 Å². The quantitative estimate of drug-likeness (QED) is 0.163. The number of hydrogen-bond acceptors (Lipinski definition) is 2. The first-order valence-electron chi connectivity index (χ1n) is 19.4. The van der Waals surface area contributed by atoms with Gasteiger partial charge in [-0.25, -0.2) is 0 Å². The Morgan fingerprint density at radius 2 is 0.825 bits per heavy atom. The third-order valence-corrected chi connectivity index (χ3v) is 11.2. The first-order chi connectivity index (χ1) is 28.3. The number of para-hydroxylation sites is 3. The molecule has 0 fully saturated rings. The van der Waals surface area contributed by atoms with Crippen LogP contribution < -0.4 is 4.90 Å². The number of anilines is 3. The smallest absolute Gasteiger partial charge is 0.145 e. The summed E-state index contributed by atoms with van der Waals surface area (Å²) >= 11 is 0. The molecule has 0 saturated carbocycles. The van der Waals surface area contributed by atoms with Crippen LogP contribution in [0, 0.1) is 0 Å². The van der Waals surface area contributed by atoms with Crippen LogP contribution in [0.2, 0.25) is 0 Å². The van der Waals surface area contributed by atoms with E-state index in [1.54, 1.807) is 0 Å². The zero-order valence-electron chi connectivity index (χ0n) is 31.1. The number of benzene rings is 9. The molecule has 2 aromatic heterocycles. The van der Waals surface area contributed by atoms with Crippen molar-refractivity contribution in [2.45, 2.75) is 0 Å². The van der Waals surface area contributed by atoms with Crippen LogP contribution >= 0.6 is 0 Å². The van der Waals surface area contributed by atoms with E-state index in [9.17, 15) is 0 Å². The molecule has 3 nitrogen and oxygen atoms in total. The molecule has 11 aromatic rings. The third-order valence-electron chi connectivity index (χ3n) is 11.2. The van der Waals surface area contributed by atoms with E-state index in [1.807, 2.05) is 0 Å². The molecule has 2 heterocycles. The van der Waals surface area contributed by atoms with Crippen molar-refractivity contribution < 1.29 is 4.42 Å². The summed E-state index contributed by atoms with van der Waals surface area (Å²) in [5.41, 5.74) is 15.4. The second-order valence-electron chi connectivity index (χ2n) is 14.5. The highest BCUT2D eigenvalue weighted by molar-refractivity contribution is 6.27. The second-order valence-corrected chi connectivity index (χ2v) is 14.5. The monoisotopic (exact) mass is 728 g/mol. The molecule has 0 amide bonds. The van der Waals surface area contributed by atoms with E-state index < -0.39 is 0 Å². The summed E-state index contributed by atoms with van der Waals surface area (Å²) in [4.78, 5) is 2.33. The van der Waals surface area contributed by atoms with E-state index >= 15 is 0 Å². The van der Waals surface area contributed by atoms with Gasteiger partial charge in [-0.05, 0) is 94.5 Å². The Hall–Kier alpha value is -7.62. The van der Waals surface area contributed by atoms with Crippen LogP contribution in [0.25, 0.3) is 82.8 Å². The minimum atomic E-state index is 0.881. The van der Waals surface area contributed by atoms with Gasteiger partial charge >= 0.3 is 0 Å². The molecule has 0 atom stereocenters. The van der Waals surface area contributed by atoms with Crippen LogP contribution in [-0.2, 0) is 0 Å². The predicted octanol–water partition coefficient (Wildman–Crippen LogP) is 15.2. The molecule has 0 spiro atoms. The Kier molecular flexibility index (Phi) is 7.82. The Morgan fingerprint density at radius 1 is 0.368 bits per heavy atom. The van der Waals surface area contributed by atoms with Crippen LogP contribution in [0.5, 0.6) is 0 Å². The van der Waals surface area contributed by atoms with E-state index in [0.29, 0.717) is 0 Å². The fraction of sp³-hybridized carbons (Fsp3) is 0. The minimum absolute atomic E-state index is 0.881. The van der Waals surface area contributed by atoms with Crippen molar-refractivity contribution in [1.29, 1.82) is 0 Å². The molecular weight excluding hydrogens is 693 g/mol. The largest absolute Gasteiger partial charge is 0.455 e. The first kappa shape index (κ1) is 32.8. The molecule has 57 heavy (non-hydrogen) atoms. The number of hydrogen-bond donors (Lipinski definition) is 0. The molecule has 0 aliphatic carbocycles. The van der Waals surface area contributed by atoms with Gasteiger partial charge in [-0.2, -0.15) is 0 Å². The van der Waals surface area contributed by atoms with Gasteiger partial charge in [-0.3, -0.25) is 0 Å². The molecule has 0 aliphatic heterocycles. The molecule has 0 bridgehead atoms. The van der Waals surface area contributed by atoms with Crippen LogP contribution in [0.4, 0.5) is 17.1 Å². The molecule has 0 radical (unpaired) electrons. The zero-order valence-corrected chi connectivity index (χ0v) is 31.1. The van der Waals surface area contributed by atoms with Gasteiger partial charge in [0.1, 0.15) is 11.2 Å². The number of fused-ring (bicyclic) bond motifs is 7. The maximum Gasteiger partial charge on any atom is 0.145 e. The number of nitrogens with zero attached hydrogens (tertiary/aromatic N) is 2. The molecule has 0 saturated heterocycles. The van der Waals surface area contributed by atoms with Crippen LogP contribution in [0.3, 0.4) is 0 Å². The summed E-state index contributed by atoms with van der Waals surface area (Å²) in [7, 11) is 0. The lowest BCUT2D eigenvalue weighted by Crippen LogP contribution is -2.09. The summed E-state index contributed by atoms with van der Waals surface area (Å²) in [5, 5.41) is 4.65. The topological polar surface area (TPSA) is 21.3 Å². The summed E-state index contributed by atoms with van der Waals surface area (Å²) < 4.78 is 9.22. The Balaban J connectivity index is 1.07.